The van der Waals surface area contributed by atoms with Crippen molar-refractivity contribution in [1.29, 1.82) is 0 Å². The number of hydrogen-bond donors (Lipinski definition) is 0. The Morgan fingerprint density at radius 1 is 1.26 bits per heavy atom. The van der Waals surface area contributed by atoms with Crippen LogP contribution in [0.2, 0.25) is 5.02 Å². The molecular formula is C17H16ClN3O2. The van der Waals surface area contributed by atoms with Gasteiger partial charge in [-0.05, 0) is 31.5 Å². The summed E-state index contributed by atoms with van der Waals surface area (Å²) in [6.45, 7) is 4.12. The normalized spacial score (nSPS) is 10.9. The highest BCUT2D eigenvalue weighted by molar-refractivity contribution is 6.30. The van der Waals surface area contributed by atoms with Crippen molar-refractivity contribution in [2.45, 2.75) is 20.3 Å². The fourth-order valence-corrected chi connectivity index (χ4v) is 2.52. The van der Waals surface area contributed by atoms with Crippen LogP contribution in [-0.2, 0) is 11.2 Å². The molecule has 0 fully saturated rings. The summed E-state index contributed by atoms with van der Waals surface area (Å²) in [7, 11) is 0. The maximum absolute atomic E-state index is 12.1. The van der Waals surface area contributed by atoms with E-state index in [9.17, 15) is 4.79 Å². The Bertz CT molecular complexity index is 856. The fraction of sp³-hybridized carbons (Fsp3) is 0.235. The first-order chi connectivity index (χ1) is 11.1. The molecule has 0 aliphatic carbocycles. The molecule has 6 heteroatoms. The number of aromatic nitrogens is 3. The number of ether oxygens (including phenoxy) is 1. The quantitative estimate of drug-likeness (QED) is 0.683. The third-order valence-electron chi connectivity index (χ3n) is 3.54. The van der Waals surface area contributed by atoms with Gasteiger partial charge < -0.3 is 4.74 Å². The van der Waals surface area contributed by atoms with Gasteiger partial charge in [-0.25, -0.2) is 14.3 Å². The molecule has 0 unspecified atom stereocenters. The number of hydrogen-bond acceptors (Lipinski definition) is 4. The van der Waals surface area contributed by atoms with Crippen LogP contribution in [0.15, 0.2) is 36.5 Å². The molecule has 2 heterocycles. The van der Waals surface area contributed by atoms with Crippen LogP contribution in [0.25, 0.3) is 16.9 Å². The molecular weight excluding hydrogens is 314 g/mol. The number of esters is 1. The molecule has 0 aliphatic heterocycles. The van der Waals surface area contributed by atoms with E-state index < -0.39 is 5.97 Å². The van der Waals surface area contributed by atoms with E-state index in [0.717, 1.165) is 23.4 Å². The number of nitrogens with zero attached hydrogens (tertiary/aromatic N) is 3. The summed E-state index contributed by atoms with van der Waals surface area (Å²) in [5.74, 6) is -0.412. The van der Waals surface area contributed by atoms with Crippen molar-refractivity contribution >= 4 is 23.2 Å². The average Bonchev–Trinajstić information content (AvgIpc) is 2.99. The Balaban J connectivity index is 2.18. The Labute approximate surface area is 138 Å². The molecule has 0 amide bonds. The first-order valence-electron chi connectivity index (χ1n) is 7.44. The first kappa shape index (κ1) is 15.5. The van der Waals surface area contributed by atoms with E-state index in [1.54, 1.807) is 11.4 Å². The predicted octanol–water partition coefficient (Wildman–Crippen LogP) is 3.79. The molecule has 0 radical (unpaired) electrons. The number of aryl methyl sites for hydroxylation is 1. The number of halogens is 1. The molecule has 5 nitrogen and oxygen atoms in total. The topological polar surface area (TPSA) is 56.5 Å². The zero-order valence-electron chi connectivity index (χ0n) is 12.9. The van der Waals surface area contributed by atoms with E-state index in [4.69, 9.17) is 16.3 Å². The minimum Gasteiger partial charge on any atom is -0.462 e. The number of carbonyl (C=O) groups excluding carboxylic acids is 1. The first-order valence-corrected chi connectivity index (χ1v) is 7.82. The van der Waals surface area contributed by atoms with E-state index in [0.29, 0.717) is 22.8 Å². The van der Waals surface area contributed by atoms with Crippen molar-refractivity contribution in [2.75, 3.05) is 6.61 Å². The third-order valence-corrected chi connectivity index (χ3v) is 3.80. The van der Waals surface area contributed by atoms with E-state index in [-0.39, 0.29) is 0 Å². The standard InChI is InChI=1S/C17H16ClN3O2/c1-3-13-9-15(11-5-7-12(18)8-6-11)20-16-14(10-19-21(13)16)17(22)23-4-2/h5-10H,3-4H2,1-2H3. The molecule has 118 valence electrons. The fourth-order valence-electron chi connectivity index (χ4n) is 2.40. The second kappa shape index (κ2) is 6.38. The van der Waals surface area contributed by atoms with Gasteiger partial charge in [0.25, 0.3) is 0 Å². The molecule has 0 N–H and O–H groups in total. The Morgan fingerprint density at radius 2 is 2.00 bits per heavy atom. The maximum atomic E-state index is 12.1. The molecule has 0 spiro atoms. The summed E-state index contributed by atoms with van der Waals surface area (Å²) in [6, 6.07) is 9.41. The minimum absolute atomic E-state index is 0.313. The van der Waals surface area contributed by atoms with Gasteiger partial charge in [-0.1, -0.05) is 30.7 Å². The summed E-state index contributed by atoms with van der Waals surface area (Å²) in [5.41, 5.74) is 3.56. The van der Waals surface area contributed by atoms with Crippen LogP contribution in [0.1, 0.15) is 29.9 Å². The van der Waals surface area contributed by atoms with Gasteiger partial charge >= 0.3 is 5.97 Å². The van der Waals surface area contributed by atoms with E-state index in [1.807, 2.05) is 37.3 Å². The molecule has 0 atom stereocenters. The van der Waals surface area contributed by atoms with Crippen LogP contribution >= 0.6 is 11.6 Å². The second-order valence-corrected chi connectivity index (χ2v) is 5.44. The zero-order valence-corrected chi connectivity index (χ0v) is 13.7. The van der Waals surface area contributed by atoms with E-state index in [1.165, 1.54) is 6.20 Å². The van der Waals surface area contributed by atoms with Crippen molar-refractivity contribution in [2.24, 2.45) is 0 Å². The van der Waals surface area contributed by atoms with Gasteiger partial charge in [0.15, 0.2) is 5.65 Å². The number of fused-ring (bicyclic) bond motifs is 1. The molecule has 0 saturated carbocycles. The molecule has 3 aromatic rings. The summed E-state index contributed by atoms with van der Waals surface area (Å²) in [6.07, 6.45) is 2.27. The van der Waals surface area contributed by atoms with Gasteiger partial charge in [0.2, 0.25) is 0 Å². The van der Waals surface area contributed by atoms with Gasteiger partial charge in [-0.2, -0.15) is 5.10 Å². The van der Waals surface area contributed by atoms with E-state index >= 15 is 0 Å². The van der Waals surface area contributed by atoms with Gasteiger partial charge in [-0.3, -0.25) is 0 Å². The molecule has 0 aliphatic rings. The zero-order chi connectivity index (χ0) is 16.4. The number of rotatable bonds is 4. The largest absolute Gasteiger partial charge is 0.462 e. The van der Waals surface area contributed by atoms with Crippen LogP contribution in [0.5, 0.6) is 0 Å². The monoisotopic (exact) mass is 329 g/mol. The van der Waals surface area contributed by atoms with Crippen LogP contribution in [-0.4, -0.2) is 27.2 Å². The van der Waals surface area contributed by atoms with Crippen molar-refractivity contribution in [3.8, 4) is 11.3 Å². The molecule has 1 aromatic carbocycles. The molecule has 0 bridgehead atoms. The molecule has 23 heavy (non-hydrogen) atoms. The number of carbonyl (C=O) groups is 1. The number of benzene rings is 1. The molecule has 3 rings (SSSR count). The van der Waals surface area contributed by atoms with Crippen molar-refractivity contribution in [3.63, 3.8) is 0 Å². The van der Waals surface area contributed by atoms with Crippen LogP contribution in [0.4, 0.5) is 0 Å². The van der Waals surface area contributed by atoms with Crippen molar-refractivity contribution in [1.82, 2.24) is 14.6 Å². The Morgan fingerprint density at radius 3 is 2.65 bits per heavy atom. The predicted molar refractivity (Wildman–Crippen MR) is 88.8 cm³/mol. The van der Waals surface area contributed by atoms with Gasteiger partial charge in [0.1, 0.15) is 5.56 Å². The highest BCUT2D eigenvalue weighted by atomic mass is 35.5. The summed E-state index contributed by atoms with van der Waals surface area (Å²) in [4.78, 5) is 16.7. The highest BCUT2D eigenvalue weighted by Crippen LogP contribution is 2.23. The van der Waals surface area contributed by atoms with Crippen molar-refractivity contribution in [3.05, 3.63) is 52.8 Å². The Hall–Kier alpha value is -2.40. The molecule has 2 aromatic heterocycles. The van der Waals surface area contributed by atoms with Gasteiger partial charge in [0, 0.05) is 16.3 Å². The van der Waals surface area contributed by atoms with Crippen LogP contribution in [0.3, 0.4) is 0 Å². The van der Waals surface area contributed by atoms with Crippen LogP contribution in [0, 0.1) is 0 Å². The van der Waals surface area contributed by atoms with Gasteiger partial charge in [0.05, 0.1) is 18.5 Å². The van der Waals surface area contributed by atoms with Crippen molar-refractivity contribution < 1.29 is 9.53 Å². The SMILES string of the molecule is CCOC(=O)c1cnn2c(CC)cc(-c3ccc(Cl)cc3)nc12. The molecule has 0 saturated heterocycles. The lowest BCUT2D eigenvalue weighted by atomic mass is 10.1. The summed E-state index contributed by atoms with van der Waals surface area (Å²) >= 11 is 5.94. The smallest absolute Gasteiger partial charge is 0.343 e. The Kier molecular flexibility index (Phi) is 4.30. The minimum atomic E-state index is -0.412. The van der Waals surface area contributed by atoms with Gasteiger partial charge in [-0.15, -0.1) is 0 Å². The highest BCUT2D eigenvalue weighted by Gasteiger charge is 2.18. The van der Waals surface area contributed by atoms with E-state index in [2.05, 4.69) is 10.1 Å². The summed E-state index contributed by atoms with van der Waals surface area (Å²) < 4.78 is 6.77. The maximum Gasteiger partial charge on any atom is 0.343 e. The van der Waals surface area contributed by atoms with Crippen LogP contribution < -0.4 is 0 Å². The lowest BCUT2D eigenvalue weighted by Gasteiger charge is -2.07. The lowest BCUT2D eigenvalue weighted by Crippen LogP contribution is -2.06. The third kappa shape index (κ3) is 2.92. The average molecular weight is 330 g/mol. The second-order valence-electron chi connectivity index (χ2n) is 5.01. The summed E-state index contributed by atoms with van der Waals surface area (Å²) in [5, 5.41) is 4.94. The lowest BCUT2D eigenvalue weighted by molar-refractivity contribution is 0.0528.